The molecule has 29 heavy (non-hydrogen) atoms. The largest absolute Gasteiger partial charge is 0.465 e. The lowest BCUT2D eigenvalue weighted by atomic mass is 9.89. The summed E-state index contributed by atoms with van der Waals surface area (Å²) in [6.45, 7) is 3.74. The summed E-state index contributed by atoms with van der Waals surface area (Å²) in [5.74, 6) is 1.11. The predicted molar refractivity (Wildman–Crippen MR) is 110 cm³/mol. The zero-order valence-corrected chi connectivity index (χ0v) is 16.8. The van der Waals surface area contributed by atoms with Gasteiger partial charge in [0, 0.05) is 49.4 Å². The van der Waals surface area contributed by atoms with Gasteiger partial charge in [0.15, 0.2) is 0 Å². The fourth-order valence-corrected chi connectivity index (χ4v) is 4.54. The maximum atomic E-state index is 11.1. The van der Waals surface area contributed by atoms with E-state index in [-0.39, 0.29) is 12.1 Å². The highest BCUT2D eigenvalue weighted by atomic mass is 16.4. The van der Waals surface area contributed by atoms with Crippen molar-refractivity contribution in [3.63, 3.8) is 0 Å². The first-order chi connectivity index (χ1) is 14.1. The molecule has 0 spiro atoms. The Morgan fingerprint density at radius 1 is 1.10 bits per heavy atom. The molecule has 1 aromatic heterocycles. The standard InChI is InChI=1S/C21H29N5O3/c1-14-24-25-20(29-14)15-8-10-17(11-9-15)26-12-4-5-16(13-26)22-18-6-2-3-7-19(18)23-21(27)28/h8-11,16,18-19,22-23H,2-7,12-13H2,1H3,(H,27,28). The highest BCUT2D eigenvalue weighted by Crippen LogP contribution is 2.26. The summed E-state index contributed by atoms with van der Waals surface area (Å²) in [4.78, 5) is 13.5. The van der Waals surface area contributed by atoms with Crippen molar-refractivity contribution in [2.24, 2.45) is 0 Å². The molecule has 1 saturated carbocycles. The number of nitrogens with zero attached hydrogens (tertiary/aromatic N) is 3. The van der Waals surface area contributed by atoms with Gasteiger partial charge in [-0.15, -0.1) is 10.2 Å². The Balaban J connectivity index is 1.38. The molecule has 2 aliphatic rings. The number of aromatic nitrogens is 2. The molecule has 2 aromatic rings. The van der Waals surface area contributed by atoms with Crippen LogP contribution in [0.15, 0.2) is 28.7 Å². The summed E-state index contributed by atoms with van der Waals surface area (Å²) >= 11 is 0. The third-order valence-electron chi connectivity index (χ3n) is 5.95. The van der Waals surface area contributed by atoms with E-state index in [9.17, 15) is 4.79 Å². The van der Waals surface area contributed by atoms with E-state index in [1.807, 2.05) is 12.1 Å². The van der Waals surface area contributed by atoms with Crippen LogP contribution in [0.25, 0.3) is 11.5 Å². The number of carboxylic acid groups (broad SMARTS) is 1. The van der Waals surface area contributed by atoms with Crippen LogP contribution in [0.5, 0.6) is 0 Å². The molecule has 156 valence electrons. The molecule has 1 amide bonds. The topological polar surface area (TPSA) is 104 Å². The molecule has 0 bridgehead atoms. The first kappa shape index (κ1) is 19.7. The fraction of sp³-hybridized carbons (Fsp3) is 0.571. The van der Waals surface area contributed by atoms with Gasteiger partial charge in [0.05, 0.1) is 0 Å². The van der Waals surface area contributed by atoms with Crippen molar-refractivity contribution in [3.05, 3.63) is 30.2 Å². The van der Waals surface area contributed by atoms with E-state index in [0.717, 1.165) is 57.2 Å². The highest BCUT2D eigenvalue weighted by Gasteiger charge is 2.30. The van der Waals surface area contributed by atoms with Crippen LogP contribution in [-0.4, -0.2) is 52.6 Å². The van der Waals surface area contributed by atoms with Crippen LogP contribution in [0, 0.1) is 6.92 Å². The zero-order chi connectivity index (χ0) is 20.2. The van der Waals surface area contributed by atoms with Gasteiger partial charge in [-0.2, -0.15) is 0 Å². The van der Waals surface area contributed by atoms with E-state index in [1.165, 1.54) is 5.69 Å². The number of anilines is 1. The van der Waals surface area contributed by atoms with E-state index < -0.39 is 6.09 Å². The molecule has 0 radical (unpaired) electrons. The molecule has 2 heterocycles. The van der Waals surface area contributed by atoms with Crippen LogP contribution in [0.3, 0.4) is 0 Å². The molecule has 1 aliphatic carbocycles. The van der Waals surface area contributed by atoms with E-state index in [0.29, 0.717) is 17.8 Å². The Morgan fingerprint density at radius 2 is 1.86 bits per heavy atom. The van der Waals surface area contributed by atoms with E-state index in [4.69, 9.17) is 9.52 Å². The summed E-state index contributed by atoms with van der Waals surface area (Å²) in [6.07, 6.45) is 5.49. The van der Waals surface area contributed by atoms with Crippen molar-refractivity contribution in [1.82, 2.24) is 20.8 Å². The van der Waals surface area contributed by atoms with Gasteiger partial charge in [0.1, 0.15) is 0 Å². The number of rotatable bonds is 5. The van der Waals surface area contributed by atoms with Crippen molar-refractivity contribution < 1.29 is 14.3 Å². The summed E-state index contributed by atoms with van der Waals surface area (Å²) in [7, 11) is 0. The van der Waals surface area contributed by atoms with Crippen molar-refractivity contribution in [2.75, 3.05) is 18.0 Å². The number of carbonyl (C=O) groups is 1. The predicted octanol–water partition coefficient (Wildman–Crippen LogP) is 3.18. The van der Waals surface area contributed by atoms with Crippen LogP contribution in [-0.2, 0) is 0 Å². The monoisotopic (exact) mass is 399 g/mol. The molecular formula is C21H29N5O3. The minimum atomic E-state index is -0.925. The molecule has 1 aliphatic heterocycles. The van der Waals surface area contributed by atoms with Crippen molar-refractivity contribution >= 4 is 11.8 Å². The van der Waals surface area contributed by atoms with Crippen LogP contribution in [0.2, 0.25) is 0 Å². The highest BCUT2D eigenvalue weighted by molar-refractivity contribution is 5.65. The molecule has 3 atom stereocenters. The molecule has 8 heteroatoms. The van der Waals surface area contributed by atoms with Crippen LogP contribution in [0.4, 0.5) is 10.5 Å². The Hall–Kier alpha value is -2.61. The minimum absolute atomic E-state index is 0.00812. The third kappa shape index (κ3) is 4.87. The molecule has 3 N–H and O–H groups in total. The maximum Gasteiger partial charge on any atom is 0.404 e. The van der Waals surface area contributed by atoms with Gasteiger partial charge >= 0.3 is 6.09 Å². The van der Waals surface area contributed by atoms with E-state index >= 15 is 0 Å². The van der Waals surface area contributed by atoms with Gasteiger partial charge in [-0.05, 0) is 49.9 Å². The first-order valence-corrected chi connectivity index (χ1v) is 10.5. The summed E-state index contributed by atoms with van der Waals surface area (Å²) in [5.41, 5.74) is 2.10. The maximum absolute atomic E-state index is 11.1. The first-order valence-electron chi connectivity index (χ1n) is 10.5. The number of nitrogens with one attached hydrogen (secondary N) is 2. The van der Waals surface area contributed by atoms with Crippen molar-refractivity contribution in [2.45, 2.75) is 63.6 Å². The summed E-state index contributed by atoms with van der Waals surface area (Å²) in [6, 6.07) is 8.84. The zero-order valence-electron chi connectivity index (χ0n) is 16.8. The lowest BCUT2D eigenvalue weighted by Crippen LogP contribution is -2.57. The Kier molecular flexibility index (Phi) is 5.99. The molecule has 3 unspecified atom stereocenters. The lowest BCUT2D eigenvalue weighted by molar-refractivity contribution is 0.176. The van der Waals surface area contributed by atoms with Crippen LogP contribution in [0.1, 0.15) is 44.4 Å². The number of hydrogen-bond acceptors (Lipinski definition) is 6. The number of amides is 1. The molecule has 1 saturated heterocycles. The molecular weight excluding hydrogens is 370 g/mol. The summed E-state index contributed by atoms with van der Waals surface area (Å²) < 4.78 is 5.50. The van der Waals surface area contributed by atoms with Gasteiger partial charge in [-0.3, -0.25) is 0 Å². The number of aryl methyl sites for hydroxylation is 1. The Bertz CT molecular complexity index is 822. The molecule has 4 rings (SSSR count). The summed E-state index contributed by atoms with van der Waals surface area (Å²) in [5, 5.41) is 23.5. The second-order valence-electron chi connectivity index (χ2n) is 8.07. The number of hydrogen-bond donors (Lipinski definition) is 3. The van der Waals surface area contributed by atoms with E-state index in [1.54, 1.807) is 6.92 Å². The van der Waals surface area contributed by atoms with Crippen molar-refractivity contribution in [1.29, 1.82) is 0 Å². The lowest BCUT2D eigenvalue weighted by Gasteiger charge is -2.40. The minimum Gasteiger partial charge on any atom is -0.465 e. The SMILES string of the molecule is Cc1nnc(-c2ccc(N3CCCC(NC4CCCCC4NC(=O)O)C3)cc2)o1. The normalized spacial score (nSPS) is 25.0. The van der Waals surface area contributed by atoms with E-state index in [2.05, 4.69) is 37.9 Å². The van der Waals surface area contributed by atoms with Crippen molar-refractivity contribution in [3.8, 4) is 11.5 Å². The Morgan fingerprint density at radius 3 is 2.55 bits per heavy atom. The van der Waals surface area contributed by atoms with Gasteiger partial charge in [0.2, 0.25) is 11.8 Å². The molecule has 8 nitrogen and oxygen atoms in total. The number of benzene rings is 1. The van der Waals surface area contributed by atoms with Crippen LogP contribution >= 0.6 is 0 Å². The molecule has 1 aromatic carbocycles. The second-order valence-corrected chi connectivity index (χ2v) is 8.07. The third-order valence-corrected chi connectivity index (χ3v) is 5.95. The van der Waals surface area contributed by atoms with Gasteiger partial charge in [-0.25, -0.2) is 4.79 Å². The fourth-order valence-electron chi connectivity index (χ4n) is 4.54. The van der Waals surface area contributed by atoms with Gasteiger partial charge in [-0.1, -0.05) is 12.8 Å². The molecule has 2 fully saturated rings. The van der Waals surface area contributed by atoms with Gasteiger partial charge < -0.3 is 25.1 Å². The number of piperidine rings is 1. The quantitative estimate of drug-likeness (QED) is 0.709. The Labute approximate surface area is 170 Å². The van der Waals surface area contributed by atoms with Gasteiger partial charge in [0.25, 0.3) is 0 Å². The average molecular weight is 399 g/mol. The van der Waals surface area contributed by atoms with Crippen LogP contribution < -0.4 is 15.5 Å². The smallest absolute Gasteiger partial charge is 0.404 e. The average Bonchev–Trinajstić information content (AvgIpc) is 3.16. The second kappa shape index (κ2) is 8.82.